The molecular weight excluding hydrogens is 245 g/mol. The Bertz CT molecular complexity index is 366. The minimum Gasteiger partial charge on any atom is -0.352 e. The fourth-order valence-electron chi connectivity index (χ4n) is 1.40. The van der Waals surface area contributed by atoms with Crippen molar-refractivity contribution in [2.75, 3.05) is 12.4 Å². The number of aryl methyl sites for hydroxylation is 1. The highest BCUT2D eigenvalue weighted by Gasteiger charge is 2.07. The number of hydrogen-bond donors (Lipinski definition) is 1. The van der Waals surface area contributed by atoms with Gasteiger partial charge in [-0.1, -0.05) is 11.6 Å². The van der Waals surface area contributed by atoms with Gasteiger partial charge in [-0.15, -0.1) is 11.6 Å². The number of carbonyl (C=O) groups is 1. The van der Waals surface area contributed by atoms with Gasteiger partial charge in [0.25, 0.3) is 5.91 Å². The van der Waals surface area contributed by atoms with Crippen molar-refractivity contribution in [3.05, 3.63) is 34.3 Å². The second-order valence-corrected chi connectivity index (χ2v) is 4.43. The third-order valence-corrected chi connectivity index (χ3v) is 2.78. The van der Waals surface area contributed by atoms with E-state index in [1.54, 1.807) is 18.2 Å². The Hall–Kier alpha value is -0.730. The van der Waals surface area contributed by atoms with E-state index in [1.807, 2.05) is 6.92 Å². The number of unbranched alkanes of at least 4 members (excludes halogenated alkanes) is 1. The largest absolute Gasteiger partial charge is 0.352 e. The van der Waals surface area contributed by atoms with Crippen molar-refractivity contribution >= 4 is 29.1 Å². The first kappa shape index (κ1) is 13.3. The molecule has 0 aliphatic rings. The molecule has 1 aromatic rings. The minimum atomic E-state index is -0.0521. The fraction of sp³-hybridized carbons (Fsp3) is 0.417. The van der Waals surface area contributed by atoms with E-state index in [-0.39, 0.29) is 5.91 Å². The second-order valence-electron chi connectivity index (χ2n) is 3.61. The minimum absolute atomic E-state index is 0.0521. The maximum absolute atomic E-state index is 11.8. The summed E-state index contributed by atoms with van der Waals surface area (Å²) in [6.45, 7) is 2.53. The van der Waals surface area contributed by atoms with Crippen LogP contribution in [0.1, 0.15) is 28.8 Å². The van der Waals surface area contributed by atoms with Gasteiger partial charge >= 0.3 is 0 Å². The first-order chi connectivity index (χ1) is 7.65. The highest BCUT2D eigenvalue weighted by molar-refractivity contribution is 6.30. The number of hydrogen-bond acceptors (Lipinski definition) is 1. The number of rotatable bonds is 5. The van der Waals surface area contributed by atoms with Crippen molar-refractivity contribution in [3.63, 3.8) is 0 Å². The van der Waals surface area contributed by atoms with E-state index in [9.17, 15) is 4.79 Å². The zero-order chi connectivity index (χ0) is 12.0. The van der Waals surface area contributed by atoms with Crippen molar-refractivity contribution < 1.29 is 4.79 Å². The molecule has 1 aromatic carbocycles. The predicted molar refractivity (Wildman–Crippen MR) is 68.5 cm³/mol. The second kappa shape index (κ2) is 6.77. The molecule has 0 fully saturated rings. The molecular formula is C12H15Cl2NO. The third-order valence-electron chi connectivity index (χ3n) is 2.28. The summed E-state index contributed by atoms with van der Waals surface area (Å²) >= 11 is 11.4. The van der Waals surface area contributed by atoms with Crippen LogP contribution in [0.15, 0.2) is 18.2 Å². The third kappa shape index (κ3) is 4.03. The standard InChI is InChI=1S/C12H15Cl2NO/c1-9-8-10(14)4-5-11(9)12(16)15-7-3-2-6-13/h4-5,8H,2-3,6-7H2,1H3,(H,15,16). The molecule has 0 aliphatic carbocycles. The van der Waals surface area contributed by atoms with Gasteiger partial charge in [0.05, 0.1) is 0 Å². The normalized spacial score (nSPS) is 10.2. The summed E-state index contributed by atoms with van der Waals surface area (Å²) in [7, 11) is 0. The number of benzene rings is 1. The van der Waals surface area contributed by atoms with Crippen LogP contribution in [0.2, 0.25) is 5.02 Å². The molecule has 0 heterocycles. The Balaban J connectivity index is 2.53. The topological polar surface area (TPSA) is 29.1 Å². The smallest absolute Gasteiger partial charge is 0.251 e. The Morgan fingerprint density at radius 1 is 1.38 bits per heavy atom. The van der Waals surface area contributed by atoms with Crippen molar-refractivity contribution in [1.82, 2.24) is 5.32 Å². The van der Waals surface area contributed by atoms with E-state index in [1.165, 1.54) is 0 Å². The van der Waals surface area contributed by atoms with E-state index in [0.717, 1.165) is 18.4 Å². The molecule has 4 heteroatoms. The van der Waals surface area contributed by atoms with Crippen LogP contribution in [0, 0.1) is 6.92 Å². The molecule has 0 bridgehead atoms. The van der Waals surface area contributed by atoms with Crippen molar-refractivity contribution in [2.45, 2.75) is 19.8 Å². The summed E-state index contributed by atoms with van der Waals surface area (Å²) in [6.07, 6.45) is 1.82. The van der Waals surface area contributed by atoms with Crippen LogP contribution in [0.5, 0.6) is 0 Å². The molecule has 1 rings (SSSR count). The average Bonchev–Trinajstić information content (AvgIpc) is 2.24. The number of halogens is 2. The van der Waals surface area contributed by atoms with E-state index < -0.39 is 0 Å². The summed E-state index contributed by atoms with van der Waals surface area (Å²) in [5.41, 5.74) is 1.57. The molecule has 0 unspecified atom stereocenters. The summed E-state index contributed by atoms with van der Waals surface area (Å²) < 4.78 is 0. The molecule has 88 valence electrons. The lowest BCUT2D eigenvalue weighted by Crippen LogP contribution is -2.25. The van der Waals surface area contributed by atoms with Gasteiger partial charge in [0.1, 0.15) is 0 Å². The Morgan fingerprint density at radius 2 is 2.12 bits per heavy atom. The highest BCUT2D eigenvalue weighted by atomic mass is 35.5. The molecule has 2 nitrogen and oxygen atoms in total. The maximum Gasteiger partial charge on any atom is 0.251 e. The van der Waals surface area contributed by atoms with E-state index in [0.29, 0.717) is 23.0 Å². The number of alkyl halides is 1. The maximum atomic E-state index is 11.8. The fourth-order valence-corrected chi connectivity index (χ4v) is 1.81. The van der Waals surface area contributed by atoms with E-state index in [2.05, 4.69) is 5.32 Å². The molecule has 0 radical (unpaired) electrons. The summed E-state index contributed by atoms with van der Waals surface area (Å²) in [4.78, 5) is 11.8. The summed E-state index contributed by atoms with van der Waals surface area (Å²) in [5, 5.41) is 3.50. The zero-order valence-electron chi connectivity index (χ0n) is 9.22. The van der Waals surface area contributed by atoms with Crippen LogP contribution in [0.25, 0.3) is 0 Å². The van der Waals surface area contributed by atoms with Crippen LogP contribution >= 0.6 is 23.2 Å². The van der Waals surface area contributed by atoms with Crippen LogP contribution in [0.4, 0.5) is 0 Å². The van der Waals surface area contributed by atoms with Gasteiger partial charge in [-0.05, 0) is 43.5 Å². The zero-order valence-corrected chi connectivity index (χ0v) is 10.7. The lowest BCUT2D eigenvalue weighted by atomic mass is 10.1. The van der Waals surface area contributed by atoms with Crippen LogP contribution < -0.4 is 5.32 Å². The SMILES string of the molecule is Cc1cc(Cl)ccc1C(=O)NCCCCCl. The van der Waals surface area contributed by atoms with Crippen molar-refractivity contribution in [1.29, 1.82) is 0 Å². The average molecular weight is 260 g/mol. The van der Waals surface area contributed by atoms with Gasteiger partial charge in [-0.25, -0.2) is 0 Å². The summed E-state index contributed by atoms with van der Waals surface area (Å²) in [5.74, 6) is 0.583. The van der Waals surface area contributed by atoms with Gasteiger partial charge in [-0.2, -0.15) is 0 Å². The van der Waals surface area contributed by atoms with Gasteiger partial charge in [-0.3, -0.25) is 4.79 Å². The lowest BCUT2D eigenvalue weighted by Gasteiger charge is -2.07. The first-order valence-electron chi connectivity index (χ1n) is 5.25. The van der Waals surface area contributed by atoms with Gasteiger partial charge in [0, 0.05) is 23.0 Å². The van der Waals surface area contributed by atoms with Gasteiger partial charge in [0.15, 0.2) is 0 Å². The molecule has 0 spiro atoms. The molecule has 0 aliphatic heterocycles. The van der Waals surface area contributed by atoms with Gasteiger partial charge in [0.2, 0.25) is 0 Å². The van der Waals surface area contributed by atoms with Crippen LogP contribution in [0.3, 0.4) is 0 Å². The van der Waals surface area contributed by atoms with E-state index >= 15 is 0 Å². The number of nitrogens with one attached hydrogen (secondary N) is 1. The van der Waals surface area contributed by atoms with Crippen molar-refractivity contribution in [2.24, 2.45) is 0 Å². The summed E-state index contributed by atoms with van der Waals surface area (Å²) in [6, 6.07) is 5.26. The monoisotopic (exact) mass is 259 g/mol. The molecule has 0 aromatic heterocycles. The molecule has 16 heavy (non-hydrogen) atoms. The number of carbonyl (C=O) groups excluding carboxylic acids is 1. The van der Waals surface area contributed by atoms with Crippen LogP contribution in [-0.2, 0) is 0 Å². The van der Waals surface area contributed by atoms with Crippen LogP contribution in [-0.4, -0.2) is 18.3 Å². The highest BCUT2D eigenvalue weighted by Crippen LogP contribution is 2.14. The predicted octanol–water partition coefficient (Wildman–Crippen LogP) is 3.40. The molecule has 1 amide bonds. The molecule has 1 N–H and O–H groups in total. The quantitative estimate of drug-likeness (QED) is 0.638. The molecule has 0 saturated carbocycles. The van der Waals surface area contributed by atoms with E-state index in [4.69, 9.17) is 23.2 Å². The molecule has 0 saturated heterocycles. The first-order valence-corrected chi connectivity index (χ1v) is 6.16. The lowest BCUT2D eigenvalue weighted by molar-refractivity contribution is 0.0952. The van der Waals surface area contributed by atoms with Gasteiger partial charge < -0.3 is 5.32 Å². The Kier molecular flexibility index (Phi) is 5.64. The Morgan fingerprint density at radius 3 is 2.75 bits per heavy atom. The van der Waals surface area contributed by atoms with Crippen molar-refractivity contribution in [3.8, 4) is 0 Å². The molecule has 0 atom stereocenters. The Labute approximate surface area is 106 Å². The number of amides is 1.